The summed E-state index contributed by atoms with van der Waals surface area (Å²) in [7, 11) is 0. The zero-order valence-electron chi connectivity index (χ0n) is 9.88. The van der Waals surface area contributed by atoms with Crippen molar-refractivity contribution in [3.8, 4) is 0 Å². The van der Waals surface area contributed by atoms with Gasteiger partial charge in [-0.05, 0) is 39.7 Å². The van der Waals surface area contributed by atoms with Crippen LogP contribution in [-0.4, -0.2) is 22.9 Å². The average Bonchev–Trinajstić information content (AvgIpc) is 2.65. The molecule has 0 radical (unpaired) electrons. The molecule has 0 aromatic carbocycles. The lowest BCUT2D eigenvalue weighted by atomic mass is 9.85. The molecule has 0 aliphatic carbocycles. The maximum atomic E-state index is 12.2. The van der Waals surface area contributed by atoms with Gasteiger partial charge in [0.05, 0.1) is 12.0 Å². The molecule has 2 heterocycles. The first-order chi connectivity index (χ1) is 7.60. The third kappa shape index (κ3) is 2.50. The van der Waals surface area contributed by atoms with E-state index in [0.29, 0.717) is 6.42 Å². The van der Waals surface area contributed by atoms with E-state index in [9.17, 15) is 4.79 Å². The summed E-state index contributed by atoms with van der Waals surface area (Å²) < 4.78 is 0. The highest BCUT2D eigenvalue weighted by molar-refractivity contribution is 7.09. The first-order valence-electron chi connectivity index (χ1n) is 5.79. The normalized spacial score (nSPS) is 25.6. The average molecular weight is 238 g/mol. The number of ketones is 1. The number of Topliss-reactive ketones (excluding diaryl/α,β-unsaturated/α-hetero) is 1. The first-order valence-corrected chi connectivity index (χ1v) is 6.67. The number of carbonyl (C=O) groups excluding carboxylic acids is 1. The molecule has 0 amide bonds. The number of hydrogen-bond acceptors (Lipinski definition) is 4. The van der Waals surface area contributed by atoms with E-state index >= 15 is 0 Å². The van der Waals surface area contributed by atoms with Crippen LogP contribution in [0.2, 0.25) is 0 Å². The van der Waals surface area contributed by atoms with Crippen LogP contribution < -0.4 is 5.32 Å². The summed E-state index contributed by atoms with van der Waals surface area (Å²) in [4.78, 5) is 16.5. The summed E-state index contributed by atoms with van der Waals surface area (Å²) in [5.74, 6) is 0.279. The Morgan fingerprint density at radius 3 is 3.00 bits per heavy atom. The van der Waals surface area contributed by atoms with E-state index in [2.05, 4.69) is 10.3 Å². The Kier molecular flexibility index (Phi) is 3.40. The third-order valence-corrected chi connectivity index (χ3v) is 4.18. The smallest absolute Gasteiger partial charge is 0.159 e. The van der Waals surface area contributed by atoms with Gasteiger partial charge in [0.15, 0.2) is 5.78 Å². The Hall–Kier alpha value is -0.740. The fraction of sp³-hybridized carbons (Fsp3) is 0.667. The molecule has 0 bridgehead atoms. The number of nitrogens with zero attached hydrogens (tertiary/aromatic N) is 1. The molecule has 1 aliphatic heterocycles. The molecule has 1 saturated heterocycles. The molecule has 2 rings (SSSR count). The predicted octanol–water partition coefficient (Wildman–Crippen LogP) is 2.10. The summed E-state index contributed by atoms with van der Waals surface area (Å²) in [6, 6.07) is 0. The molecule has 1 aromatic heterocycles. The van der Waals surface area contributed by atoms with E-state index in [1.165, 1.54) is 6.42 Å². The van der Waals surface area contributed by atoms with Crippen molar-refractivity contribution in [2.24, 2.45) is 0 Å². The van der Waals surface area contributed by atoms with E-state index in [-0.39, 0.29) is 11.3 Å². The van der Waals surface area contributed by atoms with Gasteiger partial charge >= 0.3 is 0 Å². The number of rotatable bonds is 3. The fourth-order valence-electron chi connectivity index (χ4n) is 2.11. The van der Waals surface area contributed by atoms with Gasteiger partial charge in [0.1, 0.15) is 5.01 Å². The van der Waals surface area contributed by atoms with E-state index < -0.39 is 0 Å². The Labute approximate surface area is 100 Å². The van der Waals surface area contributed by atoms with Crippen LogP contribution in [0.4, 0.5) is 0 Å². The number of nitrogens with one attached hydrogen (secondary N) is 1. The quantitative estimate of drug-likeness (QED) is 0.877. The minimum Gasteiger partial charge on any atom is -0.305 e. The topological polar surface area (TPSA) is 42.0 Å². The maximum Gasteiger partial charge on any atom is 0.159 e. The second-order valence-corrected chi connectivity index (χ2v) is 5.64. The minimum atomic E-state index is -0.322. The molecule has 1 unspecified atom stereocenters. The van der Waals surface area contributed by atoms with Gasteiger partial charge in [-0.2, -0.15) is 0 Å². The molecule has 3 nitrogen and oxygen atoms in total. The standard InChI is InChI=1S/C12H18N2OS/c1-9-8-16-11(14-9)7-10(15)12(2)5-3-4-6-13-12/h8,13H,3-7H2,1-2H3. The highest BCUT2D eigenvalue weighted by Gasteiger charge is 2.34. The Morgan fingerprint density at radius 2 is 2.44 bits per heavy atom. The lowest BCUT2D eigenvalue weighted by Gasteiger charge is -2.33. The van der Waals surface area contributed by atoms with E-state index in [1.54, 1.807) is 11.3 Å². The van der Waals surface area contributed by atoms with Gasteiger partial charge in [-0.1, -0.05) is 0 Å². The second-order valence-electron chi connectivity index (χ2n) is 4.70. The third-order valence-electron chi connectivity index (χ3n) is 3.21. The van der Waals surface area contributed by atoms with Gasteiger partial charge in [-0.3, -0.25) is 4.79 Å². The van der Waals surface area contributed by atoms with Gasteiger partial charge in [-0.15, -0.1) is 11.3 Å². The minimum absolute atomic E-state index is 0.279. The summed E-state index contributed by atoms with van der Waals surface area (Å²) in [5.41, 5.74) is 0.687. The molecule has 1 N–H and O–H groups in total. The molecular weight excluding hydrogens is 220 g/mol. The van der Waals surface area contributed by atoms with E-state index in [4.69, 9.17) is 0 Å². The Morgan fingerprint density at radius 1 is 1.62 bits per heavy atom. The summed E-state index contributed by atoms with van der Waals surface area (Å²) in [6.07, 6.45) is 3.75. The van der Waals surface area contributed by atoms with E-state index in [0.717, 1.165) is 30.1 Å². The van der Waals surface area contributed by atoms with Crippen molar-refractivity contribution < 1.29 is 4.79 Å². The molecule has 16 heavy (non-hydrogen) atoms. The van der Waals surface area contributed by atoms with Crippen LogP contribution in [0.3, 0.4) is 0 Å². The molecule has 1 aliphatic rings. The number of aromatic nitrogens is 1. The summed E-state index contributed by atoms with van der Waals surface area (Å²) in [5, 5.41) is 6.29. The van der Waals surface area contributed by atoms with Crippen molar-refractivity contribution in [2.45, 2.75) is 45.1 Å². The van der Waals surface area contributed by atoms with Crippen LogP contribution in [-0.2, 0) is 11.2 Å². The van der Waals surface area contributed by atoms with Gasteiger partial charge in [0.25, 0.3) is 0 Å². The Balaban J connectivity index is 2.01. The van der Waals surface area contributed by atoms with Crippen molar-refractivity contribution >= 4 is 17.1 Å². The molecule has 4 heteroatoms. The van der Waals surface area contributed by atoms with Gasteiger partial charge in [-0.25, -0.2) is 4.98 Å². The summed E-state index contributed by atoms with van der Waals surface area (Å²) in [6.45, 7) is 4.94. The largest absolute Gasteiger partial charge is 0.305 e. The van der Waals surface area contributed by atoms with Crippen LogP contribution in [0.1, 0.15) is 36.9 Å². The van der Waals surface area contributed by atoms with Crippen molar-refractivity contribution in [2.75, 3.05) is 6.54 Å². The molecule has 1 fully saturated rings. The number of piperidine rings is 1. The number of carbonyl (C=O) groups is 1. The van der Waals surface area contributed by atoms with Gasteiger partial charge in [0, 0.05) is 11.1 Å². The monoisotopic (exact) mass is 238 g/mol. The predicted molar refractivity (Wildman–Crippen MR) is 65.8 cm³/mol. The maximum absolute atomic E-state index is 12.2. The Bertz CT molecular complexity index is 380. The lowest BCUT2D eigenvalue weighted by Crippen LogP contribution is -2.52. The highest BCUT2D eigenvalue weighted by atomic mass is 32.1. The molecule has 88 valence electrons. The van der Waals surface area contributed by atoms with Crippen LogP contribution in [0.5, 0.6) is 0 Å². The first kappa shape index (κ1) is 11.7. The van der Waals surface area contributed by atoms with Gasteiger partial charge in [0.2, 0.25) is 0 Å². The zero-order valence-corrected chi connectivity index (χ0v) is 10.7. The molecule has 1 aromatic rings. The lowest BCUT2D eigenvalue weighted by molar-refractivity contribution is -0.125. The van der Waals surface area contributed by atoms with Crippen LogP contribution in [0.25, 0.3) is 0 Å². The number of hydrogen-bond donors (Lipinski definition) is 1. The SMILES string of the molecule is Cc1csc(CC(=O)C2(C)CCCCN2)n1. The second kappa shape index (κ2) is 4.63. The van der Waals surface area contributed by atoms with Crippen molar-refractivity contribution in [3.63, 3.8) is 0 Å². The summed E-state index contributed by atoms with van der Waals surface area (Å²) >= 11 is 1.58. The van der Waals surface area contributed by atoms with Crippen LogP contribution >= 0.6 is 11.3 Å². The molecule has 0 saturated carbocycles. The van der Waals surface area contributed by atoms with E-state index in [1.807, 2.05) is 19.2 Å². The zero-order chi connectivity index (χ0) is 11.6. The van der Waals surface area contributed by atoms with Crippen molar-refractivity contribution in [1.29, 1.82) is 0 Å². The highest BCUT2D eigenvalue weighted by Crippen LogP contribution is 2.22. The van der Waals surface area contributed by atoms with Crippen LogP contribution in [0.15, 0.2) is 5.38 Å². The fourth-order valence-corrected chi connectivity index (χ4v) is 2.88. The molecular formula is C12H18N2OS. The van der Waals surface area contributed by atoms with Crippen LogP contribution in [0, 0.1) is 6.92 Å². The van der Waals surface area contributed by atoms with Gasteiger partial charge < -0.3 is 5.32 Å². The number of aryl methyl sites for hydroxylation is 1. The van der Waals surface area contributed by atoms with Crippen molar-refractivity contribution in [3.05, 3.63) is 16.1 Å². The molecule has 1 atom stereocenters. The molecule has 0 spiro atoms. The van der Waals surface area contributed by atoms with Crippen molar-refractivity contribution in [1.82, 2.24) is 10.3 Å². The number of thiazole rings is 1.